The Bertz CT molecular complexity index is 154. The fourth-order valence-corrected chi connectivity index (χ4v) is 1.93. The Kier molecular flexibility index (Phi) is 3.73. The van der Waals surface area contributed by atoms with E-state index in [4.69, 9.17) is 0 Å². The topological polar surface area (TPSA) is 37.3 Å². The molecule has 1 rings (SSSR count). The Labute approximate surface area is 74.0 Å². The van der Waals surface area contributed by atoms with Crippen LogP contribution < -0.4 is 0 Å². The van der Waals surface area contributed by atoms with Gasteiger partial charge in [0.05, 0.1) is 6.10 Å². The van der Waals surface area contributed by atoms with E-state index in [1.54, 1.807) is 0 Å². The molecule has 70 valence electrons. The number of hydrogen-bond donors (Lipinski definition) is 1. The highest BCUT2D eigenvalue weighted by molar-refractivity contribution is 5.79. The van der Waals surface area contributed by atoms with E-state index in [-0.39, 0.29) is 11.9 Å². The van der Waals surface area contributed by atoms with Crippen molar-refractivity contribution in [3.8, 4) is 0 Å². The number of rotatable bonds is 3. The maximum absolute atomic E-state index is 11.1. The molecule has 0 saturated heterocycles. The predicted molar refractivity (Wildman–Crippen MR) is 47.9 cm³/mol. The summed E-state index contributed by atoms with van der Waals surface area (Å²) in [5.41, 5.74) is 0. The van der Waals surface area contributed by atoms with Crippen molar-refractivity contribution in [3.05, 3.63) is 0 Å². The molecule has 0 amide bonds. The molecule has 2 atom stereocenters. The first kappa shape index (κ1) is 9.72. The molecule has 0 aliphatic heterocycles. The molecule has 1 aliphatic rings. The Morgan fingerprint density at radius 3 is 2.83 bits per heavy atom. The summed E-state index contributed by atoms with van der Waals surface area (Å²) < 4.78 is 0. The first-order valence-electron chi connectivity index (χ1n) is 4.92. The molecule has 0 aromatic rings. The Hall–Kier alpha value is -0.370. The molecule has 0 bridgehead atoms. The Morgan fingerprint density at radius 1 is 1.50 bits per heavy atom. The maximum Gasteiger partial charge on any atom is 0.135 e. The number of hydrogen-bond acceptors (Lipinski definition) is 2. The fourth-order valence-electron chi connectivity index (χ4n) is 1.93. The minimum Gasteiger partial charge on any atom is -0.393 e. The van der Waals surface area contributed by atoms with Crippen molar-refractivity contribution in [1.82, 2.24) is 0 Å². The lowest BCUT2D eigenvalue weighted by Crippen LogP contribution is -2.26. The molecule has 2 heteroatoms. The van der Waals surface area contributed by atoms with Crippen molar-refractivity contribution in [2.45, 2.75) is 51.6 Å². The summed E-state index contributed by atoms with van der Waals surface area (Å²) in [7, 11) is 0. The van der Waals surface area contributed by atoms with Crippen LogP contribution >= 0.6 is 0 Å². The van der Waals surface area contributed by atoms with Crippen molar-refractivity contribution < 1.29 is 9.90 Å². The third kappa shape index (κ3) is 2.94. The number of aliphatic hydroxyl groups excluding tert-OH is 1. The standard InChI is InChI=1S/C10H18O2/c1-2-3-4-8-5-9(11)7-10(12)6-8/h8-9,11H,2-7H2,1H3. The minimum absolute atomic E-state index is 0.245. The summed E-state index contributed by atoms with van der Waals surface area (Å²) in [4.78, 5) is 11.1. The zero-order valence-electron chi connectivity index (χ0n) is 7.75. The number of carbonyl (C=O) groups excluding carboxylic acids is 1. The van der Waals surface area contributed by atoms with Crippen molar-refractivity contribution in [3.63, 3.8) is 0 Å². The van der Waals surface area contributed by atoms with Gasteiger partial charge in [0.25, 0.3) is 0 Å². The summed E-state index contributed by atoms with van der Waals surface area (Å²) in [6.07, 6.45) is 5.06. The number of aliphatic hydroxyl groups is 1. The van der Waals surface area contributed by atoms with E-state index in [1.165, 1.54) is 12.8 Å². The Morgan fingerprint density at radius 2 is 2.25 bits per heavy atom. The normalized spacial score (nSPS) is 30.7. The second-order valence-corrected chi connectivity index (χ2v) is 3.84. The van der Waals surface area contributed by atoms with E-state index >= 15 is 0 Å². The van der Waals surface area contributed by atoms with Crippen LogP contribution in [0.1, 0.15) is 45.4 Å². The lowest BCUT2D eigenvalue weighted by molar-refractivity contribution is -0.124. The average Bonchev–Trinajstić information content (AvgIpc) is 1.99. The predicted octanol–water partition coefficient (Wildman–Crippen LogP) is 1.91. The third-order valence-electron chi connectivity index (χ3n) is 2.55. The highest BCUT2D eigenvalue weighted by atomic mass is 16.3. The van der Waals surface area contributed by atoms with Crippen LogP contribution in [0.4, 0.5) is 0 Å². The van der Waals surface area contributed by atoms with E-state index in [9.17, 15) is 9.90 Å². The molecule has 0 aromatic carbocycles. The molecule has 1 fully saturated rings. The van der Waals surface area contributed by atoms with Crippen molar-refractivity contribution in [2.75, 3.05) is 0 Å². The van der Waals surface area contributed by atoms with Gasteiger partial charge in [0.1, 0.15) is 5.78 Å². The van der Waals surface area contributed by atoms with Gasteiger partial charge in [-0.3, -0.25) is 4.79 Å². The van der Waals surface area contributed by atoms with E-state index in [0.717, 1.165) is 12.8 Å². The molecule has 0 spiro atoms. The molecule has 0 aromatic heterocycles. The smallest absolute Gasteiger partial charge is 0.135 e. The van der Waals surface area contributed by atoms with Crippen molar-refractivity contribution >= 4 is 5.78 Å². The second-order valence-electron chi connectivity index (χ2n) is 3.84. The van der Waals surface area contributed by atoms with E-state index in [2.05, 4.69) is 6.92 Å². The first-order chi connectivity index (χ1) is 5.72. The van der Waals surface area contributed by atoms with Gasteiger partial charge in [-0.25, -0.2) is 0 Å². The molecule has 2 nitrogen and oxygen atoms in total. The number of carbonyl (C=O) groups is 1. The summed E-state index contributed by atoms with van der Waals surface area (Å²) in [5, 5.41) is 9.33. The molecule has 1 saturated carbocycles. The molecule has 1 N–H and O–H groups in total. The average molecular weight is 170 g/mol. The van der Waals surface area contributed by atoms with Gasteiger partial charge in [-0.05, 0) is 18.8 Å². The SMILES string of the molecule is CCCCC1CC(=O)CC(O)C1. The zero-order chi connectivity index (χ0) is 8.97. The number of unbranched alkanes of at least 4 members (excludes halogenated alkanes) is 1. The van der Waals surface area contributed by atoms with Gasteiger partial charge in [-0.15, -0.1) is 0 Å². The van der Waals surface area contributed by atoms with E-state index < -0.39 is 0 Å². The second kappa shape index (κ2) is 4.61. The van der Waals surface area contributed by atoms with Gasteiger partial charge < -0.3 is 5.11 Å². The third-order valence-corrected chi connectivity index (χ3v) is 2.55. The summed E-state index contributed by atoms with van der Waals surface area (Å²) in [6, 6.07) is 0. The summed E-state index contributed by atoms with van der Waals surface area (Å²) >= 11 is 0. The van der Waals surface area contributed by atoms with Crippen LogP contribution in [0.25, 0.3) is 0 Å². The zero-order valence-corrected chi connectivity index (χ0v) is 7.75. The van der Waals surface area contributed by atoms with Crippen molar-refractivity contribution in [2.24, 2.45) is 5.92 Å². The van der Waals surface area contributed by atoms with Crippen LogP contribution in [0.5, 0.6) is 0 Å². The van der Waals surface area contributed by atoms with Crippen LogP contribution in [0, 0.1) is 5.92 Å². The summed E-state index contributed by atoms with van der Waals surface area (Å²) in [6.45, 7) is 2.15. The molecule has 1 aliphatic carbocycles. The quantitative estimate of drug-likeness (QED) is 0.702. The van der Waals surface area contributed by atoms with Crippen molar-refractivity contribution in [1.29, 1.82) is 0 Å². The van der Waals surface area contributed by atoms with Gasteiger partial charge in [-0.2, -0.15) is 0 Å². The lowest BCUT2D eigenvalue weighted by atomic mass is 9.83. The van der Waals surface area contributed by atoms with Gasteiger partial charge in [-0.1, -0.05) is 19.8 Å². The Balaban J connectivity index is 2.29. The fraction of sp³-hybridized carbons (Fsp3) is 0.900. The van der Waals surface area contributed by atoms with Crippen LogP contribution in [0.15, 0.2) is 0 Å². The van der Waals surface area contributed by atoms with E-state index in [0.29, 0.717) is 18.8 Å². The molecular weight excluding hydrogens is 152 g/mol. The largest absolute Gasteiger partial charge is 0.393 e. The van der Waals surface area contributed by atoms with Gasteiger partial charge in [0.2, 0.25) is 0 Å². The van der Waals surface area contributed by atoms with Crippen LogP contribution in [-0.2, 0) is 4.79 Å². The van der Waals surface area contributed by atoms with Crippen LogP contribution in [-0.4, -0.2) is 17.0 Å². The van der Waals surface area contributed by atoms with Crippen LogP contribution in [0.3, 0.4) is 0 Å². The molecule has 2 unspecified atom stereocenters. The first-order valence-corrected chi connectivity index (χ1v) is 4.92. The number of Topliss-reactive ketones (excluding diaryl/α,β-unsaturated/α-hetero) is 1. The number of ketones is 1. The maximum atomic E-state index is 11.1. The van der Waals surface area contributed by atoms with Crippen LogP contribution in [0.2, 0.25) is 0 Å². The monoisotopic (exact) mass is 170 g/mol. The van der Waals surface area contributed by atoms with Gasteiger partial charge in [0, 0.05) is 12.8 Å². The van der Waals surface area contributed by atoms with Gasteiger partial charge in [0.15, 0.2) is 0 Å². The molecule has 12 heavy (non-hydrogen) atoms. The minimum atomic E-state index is -0.354. The highest BCUT2D eigenvalue weighted by Gasteiger charge is 2.24. The summed E-state index contributed by atoms with van der Waals surface area (Å²) in [5.74, 6) is 0.705. The highest BCUT2D eigenvalue weighted by Crippen LogP contribution is 2.25. The lowest BCUT2D eigenvalue weighted by Gasteiger charge is -2.24. The van der Waals surface area contributed by atoms with E-state index in [1.807, 2.05) is 0 Å². The van der Waals surface area contributed by atoms with Gasteiger partial charge >= 0.3 is 0 Å². The molecule has 0 heterocycles. The molecular formula is C10H18O2. The molecule has 0 radical (unpaired) electrons.